The third-order valence-electron chi connectivity index (χ3n) is 4.80. The van der Waals surface area contributed by atoms with Crippen LogP contribution in [0.4, 0.5) is 38.5 Å². The van der Waals surface area contributed by atoms with Crippen LogP contribution in [0.5, 0.6) is 11.5 Å². The number of anilines is 2. The van der Waals surface area contributed by atoms with Crippen molar-refractivity contribution in [1.82, 2.24) is 19.7 Å². The predicted molar refractivity (Wildman–Crippen MR) is 125 cm³/mol. The average molecular weight is 545 g/mol. The molecule has 4 aromatic rings. The quantitative estimate of drug-likeness (QED) is 0.181. The second kappa shape index (κ2) is 10.8. The van der Waals surface area contributed by atoms with Crippen LogP contribution in [-0.2, 0) is 10.9 Å². The normalized spacial score (nSPS) is 11.0. The number of pyridine rings is 1. The fraction of sp³-hybridized carbons (Fsp3) is 0.0435. The summed E-state index contributed by atoms with van der Waals surface area (Å²) in [4.78, 5) is 42.4. The molecule has 3 amide bonds. The highest BCUT2D eigenvalue weighted by molar-refractivity contribution is 6.01. The number of esters is 1. The first-order chi connectivity index (χ1) is 18.5. The van der Waals surface area contributed by atoms with Gasteiger partial charge in [0.15, 0.2) is 5.69 Å². The van der Waals surface area contributed by atoms with Gasteiger partial charge in [-0.1, -0.05) is 0 Å². The second-order valence-corrected chi connectivity index (χ2v) is 7.48. The van der Waals surface area contributed by atoms with E-state index in [2.05, 4.69) is 30.4 Å². The molecule has 4 N–H and O–H groups in total. The van der Waals surface area contributed by atoms with Crippen molar-refractivity contribution in [3.8, 4) is 17.2 Å². The Morgan fingerprint density at radius 3 is 2.36 bits per heavy atom. The van der Waals surface area contributed by atoms with E-state index >= 15 is 0 Å². The lowest BCUT2D eigenvalue weighted by Gasteiger charge is -2.15. The Morgan fingerprint density at radius 2 is 1.69 bits per heavy atom. The summed E-state index contributed by atoms with van der Waals surface area (Å²) in [6.07, 6.45) is -2.47. The molecule has 2 aromatic carbocycles. The highest BCUT2D eigenvalue weighted by atomic mass is 19.4. The zero-order chi connectivity index (χ0) is 28.2. The van der Waals surface area contributed by atoms with Crippen molar-refractivity contribution in [2.75, 3.05) is 10.6 Å². The number of ether oxygens (including phenoxy) is 2. The van der Waals surface area contributed by atoms with Crippen molar-refractivity contribution in [3.63, 3.8) is 0 Å². The summed E-state index contributed by atoms with van der Waals surface area (Å²) in [7, 11) is 0. The van der Waals surface area contributed by atoms with Crippen LogP contribution >= 0.6 is 0 Å². The number of urea groups is 1. The number of amides is 3. The summed E-state index contributed by atoms with van der Waals surface area (Å²) < 4.78 is 65.2. The topological polar surface area (TPSA) is 163 Å². The van der Waals surface area contributed by atoms with Crippen molar-refractivity contribution < 1.29 is 41.4 Å². The first-order valence-corrected chi connectivity index (χ1v) is 10.6. The minimum atomic E-state index is -4.69. The fourth-order valence-electron chi connectivity index (χ4n) is 3.15. The lowest BCUT2D eigenvalue weighted by Crippen LogP contribution is -2.21. The first kappa shape index (κ1) is 26.5. The summed E-state index contributed by atoms with van der Waals surface area (Å²) >= 11 is 0. The summed E-state index contributed by atoms with van der Waals surface area (Å²) in [5.74, 6) is -2.10. The Balaban J connectivity index is 1.48. The molecule has 0 aliphatic carbocycles. The SMILES string of the molecule is NC(=O)OC(=O)c1cc(Oc2ccc(NC(=O)Nc3cc(C(F)(F)F)ccc3-n3cncn3)c(F)c2)ccn1. The summed E-state index contributed by atoms with van der Waals surface area (Å²) in [5, 5.41) is 8.30. The molecule has 0 aliphatic heterocycles. The Bertz CT molecular complexity index is 1540. The number of hydrogen-bond acceptors (Lipinski definition) is 8. The molecule has 0 radical (unpaired) electrons. The van der Waals surface area contributed by atoms with Gasteiger partial charge in [-0.05, 0) is 36.4 Å². The highest BCUT2D eigenvalue weighted by Crippen LogP contribution is 2.33. The summed E-state index contributed by atoms with van der Waals surface area (Å²) in [6.45, 7) is 0. The van der Waals surface area contributed by atoms with Crippen LogP contribution in [0.1, 0.15) is 16.1 Å². The first-order valence-electron chi connectivity index (χ1n) is 10.6. The zero-order valence-corrected chi connectivity index (χ0v) is 19.3. The third-order valence-corrected chi connectivity index (χ3v) is 4.80. The minimum Gasteiger partial charge on any atom is -0.457 e. The predicted octanol–water partition coefficient (Wildman–Crippen LogP) is 4.49. The smallest absolute Gasteiger partial charge is 0.416 e. The maximum Gasteiger partial charge on any atom is 0.416 e. The van der Waals surface area contributed by atoms with Crippen LogP contribution in [0.25, 0.3) is 5.69 Å². The molecule has 12 nitrogen and oxygen atoms in total. The van der Waals surface area contributed by atoms with Gasteiger partial charge in [0.1, 0.15) is 30.0 Å². The van der Waals surface area contributed by atoms with Gasteiger partial charge in [-0.15, -0.1) is 0 Å². The molecule has 0 saturated carbocycles. The molecule has 2 heterocycles. The van der Waals surface area contributed by atoms with Crippen LogP contribution in [-0.4, -0.2) is 37.8 Å². The van der Waals surface area contributed by atoms with Crippen molar-refractivity contribution in [2.45, 2.75) is 6.18 Å². The average Bonchev–Trinajstić information content (AvgIpc) is 3.40. The van der Waals surface area contributed by atoms with E-state index < -0.39 is 35.7 Å². The number of halogens is 4. The number of alkyl halides is 3. The lowest BCUT2D eigenvalue weighted by molar-refractivity contribution is -0.137. The van der Waals surface area contributed by atoms with Crippen molar-refractivity contribution in [3.05, 3.63) is 84.5 Å². The zero-order valence-electron chi connectivity index (χ0n) is 19.3. The van der Waals surface area contributed by atoms with E-state index in [-0.39, 0.29) is 34.3 Å². The molecule has 39 heavy (non-hydrogen) atoms. The van der Waals surface area contributed by atoms with E-state index in [4.69, 9.17) is 10.5 Å². The standard InChI is InChI=1S/C23H15F4N7O5/c24-15-8-13(38-14-5-6-30-18(9-14)20(35)39-21(28)36)2-3-16(15)32-22(37)33-17-7-12(23(25,26)27)1-4-19(17)34-11-29-10-31-34/h1-11H,(H2,28,36)(H2,32,33,37). The number of carbonyl (C=O) groups excluding carboxylic acids is 3. The van der Waals surface area contributed by atoms with Gasteiger partial charge in [-0.3, -0.25) is 0 Å². The van der Waals surface area contributed by atoms with Gasteiger partial charge < -0.3 is 25.8 Å². The molecule has 200 valence electrons. The molecular weight excluding hydrogens is 530 g/mol. The molecule has 0 atom stereocenters. The Kier molecular flexibility index (Phi) is 7.37. The van der Waals surface area contributed by atoms with Gasteiger partial charge in [0.2, 0.25) is 0 Å². The maximum atomic E-state index is 14.7. The Labute approximate surface area is 215 Å². The van der Waals surface area contributed by atoms with Crippen LogP contribution in [0, 0.1) is 5.82 Å². The van der Waals surface area contributed by atoms with Crippen molar-refractivity contribution >= 4 is 29.5 Å². The molecule has 4 rings (SSSR count). The van der Waals surface area contributed by atoms with Crippen molar-refractivity contribution in [2.24, 2.45) is 5.73 Å². The van der Waals surface area contributed by atoms with Crippen molar-refractivity contribution in [1.29, 1.82) is 0 Å². The molecule has 0 unspecified atom stereocenters. The van der Waals surface area contributed by atoms with Crippen LogP contribution in [0.3, 0.4) is 0 Å². The molecule has 2 aromatic heterocycles. The van der Waals surface area contributed by atoms with Gasteiger partial charge in [0, 0.05) is 18.3 Å². The van der Waals surface area contributed by atoms with E-state index in [0.29, 0.717) is 6.07 Å². The largest absolute Gasteiger partial charge is 0.457 e. The highest BCUT2D eigenvalue weighted by Gasteiger charge is 2.31. The van der Waals surface area contributed by atoms with Crippen LogP contribution in [0.2, 0.25) is 0 Å². The number of primary amides is 1. The second-order valence-electron chi connectivity index (χ2n) is 7.48. The summed E-state index contributed by atoms with van der Waals surface area (Å²) in [5.41, 5.74) is 2.94. The van der Waals surface area contributed by atoms with Gasteiger partial charge >= 0.3 is 24.3 Å². The van der Waals surface area contributed by atoms with Gasteiger partial charge in [0.25, 0.3) is 0 Å². The molecule has 16 heteroatoms. The van der Waals surface area contributed by atoms with Crippen LogP contribution in [0.15, 0.2) is 67.4 Å². The lowest BCUT2D eigenvalue weighted by atomic mass is 10.1. The molecular formula is C23H15F4N7O5. The number of rotatable bonds is 6. The Hall–Kier alpha value is -5.54. The van der Waals surface area contributed by atoms with E-state index in [1.165, 1.54) is 24.7 Å². The van der Waals surface area contributed by atoms with E-state index in [1.807, 2.05) is 0 Å². The van der Waals surface area contributed by atoms with E-state index in [9.17, 15) is 31.9 Å². The number of benzene rings is 2. The Morgan fingerprint density at radius 1 is 0.949 bits per heavy atom. The van der Waals surface area contributed by atoms with E-state index in [1.54, 1.807) is 0 Å². The fourth-order valence-corrected chi connectivity index (χ4v) is 3.15. The number of aromatic nitrogens is 4. The molecule has 0 aliphatic rings. The molecule has 0 saturated heterocycles. The monoisotopic (exact) mass is 545 g/mol. The number of carbonyl (C=O) groups is 3. The van der Waals surface area contributed by atoms with Gasteiger partial charge in [0.05, 0.1) is 22.6 Å². The number of hydrogen-bond donors (Lipinski definition) is 3. The van der Waals surface area contributed by atoms with Crippen LogP contribution < -0.4 is 21.1 Å². The number of nitrogens with two attached hydrogens (primary N) is 1. The molecule has 0 spiro atoms. The third kappa shape index (κ3) is 6.62. The molecule has 0 fully saturated rings. The van der Waals surface area contributed by atoms with E-state index in [0.717, 1.165) is 41.3 Å². The van der Waals surface area contributed by atoms with Gasteiger partial charge in [-0.2, -0.15) is 18.3 Å². The number of nitrogens with one attached hydrogen (secondary N) is 2. The molecule has 0 bridgehead atoms. The minimum absolute atomic E-state index is 0.0319. The maximum absolute atomic E-state index is 14.7. The number of nitrogens with zero attached hydrogens (tertiary/aromatic N) is 4. The summed E-state index contributed by atoms with van der Waals surface area (Å²) in [6, 6.07) is 7.32. The van der Waals surface area contributed by atoms with Gasteiger partial charge in [-0.25, -0.2) is 33.4 Å².